The zero-order valence-corrected chi connectivity index (χ0v) is 11.8. The van der Waals surface area contributed by atoms with Gasteiger partial charge in [-0.2, -0.15) is 0 Å². The predicted octanol–water partition coefficient (Wildman–Crippen LogP) is 2.86. The van der Waals surface area contributed by atoms with Gasteiger partial charge in [-0.25, -0.2) is 0 Å². The molecule has 0 radical (unpaired) electrons. The predicted molar refractivity (Wildman–Crippen MR) is 79.7 cm³/mol. The van der Waals surface area contributed by atoms with Crippen molar-refractivity contribution < 1.29 is 9.53 Å². The zero-order chi connectivity index (χ0) is 14.4. The first-order valence-corrected chi connectivity index (χ1v) is 6.62. The second-order valence-electron chi connectivity index (χ2n) is 4.79. The molecule has 3 nitrogen and oxygen atoms in total. The number of carbonyl (C=O) groups excluding carboxylic acids is 1. The van der Waals surface area contributed by atoms with Crippen LogP contribution in [0.25, 0.3) is 0 Å². The lowest BCUT2D eigenvalue weighted by Crippen LogP contribution is -2.24. The number of aryl methyl sites for hydroxylation is 1. The normalized spacial score (nSPS) is 10.1. The first kappa shape index (κ1) is 14.1. The third kappa shape index (κ3) is 4.12. The van der Waals surface area contributed by atoms with E-state index in [-0.39, 0.29) is 5.91 Å². The van der Waals surface area contributed by atoms with Crippen LogP contribution in [0, 0.1) is 6.92 Å². The molecule has 3 heteroatoms. The van der Waals surface area contributed by atoms with Crippen molar-refractivity contribution in [1.82, 2.24) is 5.32 Å². The van der Waals surface area contributed by atoms with Crippen LogP contribution in [0.4, 0.5) is 0 Å². The molecule has 2 aromatic rings. The Morgan fingerprint density at radius 1 is 1.10 bits per heavy atom. The van der Waals surface area contributed by atoms with Crippen LogP contribution >= 0.6 is 0 Å². The molecule has 0 saturated heterocycles. The van der Waals surface area contributed by atoms with E-state index in [9.17, 15) is 4.79 Å². The molecule has 0 aliphatic carbocycles. The maximum absolute atomic E-state index is 11.9. The van der Waals surface area contributed by atoms with Gasteiger partial charge in [-0.05, 0) is 30.2 Å². The summed E-state index contributed by atoms with van der Waals surface area (Å²) in [6.07, 6.45) is 0.364. The van der Waals surface area contributed by atoms with Gasteiger partial charge in [0, 0.05) is 6.54 Å². The number of carbonyl (C=O) groups is 1. The summed E-state index contributed by atoms with van der Waals surface area (Å²) in [5, 5.41) is 2.93. The molecular weight excluding hydrogens is 250 g/mol. The Hall–Kier alpha value is -2.29. The van der Waals surface area contributed by atoms with Gasteiger partial charge < -0.3 is 10.1 Å². The van der Waals surface area contributed by atoms with Crippen LogP contribution < -0.4 is 10.1 Å². The number of nitrogens with one attached hydrogen (secondary N) is 1. The van der Waals surface area contributed by atoms with E-state index in [1.807, 2.05) is 49.4 Å². The molecule has 0 saturated carbocycles. The van der Waals surface area contributed by atoms with Crippen molar-refractivity contribution in [2.45, 2.75) is 19.9 Å². The summed E-state index contributed by atoms with van der Waals surface area (Å²) < 4.78 is 5.15. The minimum Gasteiger partial charge on any atom is -0.497 e. The van der Waals surface area contributed by atoms with Gasteiger partial charge in [-0.3, -0.25) is 4.79 Å². The number of ether oxygens (including phenoxy) is 1. The summed E-state index contributed by atoms with van der Waals surface area (Å²) in [7, 11) is 1.62. The monoisotopic (exact) mass is 269 g/mol. The minimum absolute atomic E-state index is 0.0137. The summed E-state index contributed by atoms with van der Waals surface area (Å²) in [5.41, 5.74) is 3.26. The van der Waals surface area contributed by atoms with Gasteiger partial charge in [-0.15, -0.1) is 0 Å². The number of hydrogen-bond donors (Lipinski definition) is 1. The summed E-state index contributed by atoms with van der Waals surface area (Å²) in [4.78, 5) is 11.9. The van der Waals surface area contributed by atoms with Crippen molar-refractivity contribution in [3.8, 4) is 5.75 Å². The fraction of sp³-hybridized carbons (Fsp3) is 0.235. The average molecular weight is 269 g/mol. The molecule has 1 N–H and O–H groups in total. The van der Waals surface area contributed by atoms with Crippen molar-refractivity contribution in [2.24, 2.45) is 0 Å². The van der Waals surface area contributed by atoms with Gasteiger partial charge in [0.2, 0.25) is 5.91 Å². The SMILES string of the molecule is COc1cccc(CC(=O)NCc2cccc(C)c2)c1. The van der Waals surface area contributed by atoms with Gasteiger partial charge in [-0.1, -0.05) is 42.0 Å². The first-order valence-electron chi connectivity index (χ1n) is 6.62. The van der Waals surface area contributed by atoms with Crippen molar-refractivity contribution in [2.75, 3.05) is 7.11 Å². The fourth-order valence-corrected chi connectivity index (χ4v) is 2.05. The van der Waals surface area contributed by atoms with E-state index in [0.717, 1.165) is 16.9 Å². The molecule has 1 amide bonds. The van der Waals surface area contributed by atoms with Crippen LogP contribution in [0.15, 0.2) is 48.5 Å². The van der Waals surface area contributed by atoms with E-state index in [0.29, 0.717) is 13.0 Å². The standard InChI is InChI=1S/C17H19NO2/c1-13-5-3-7-15(9-13)12-18-17(19)11-14-6-4-8-16(10-14)20-2/h3-10H,11-12H2,1-2H3,(H,18,19). The van der Waals surface area contributed by atoms with Crippen LogP contribution in [0.1, 0.15) is 16.7 Å². The molecule has 0 atom stereocenters. The Morgan fingerprint density at radius 2 is 1.85 bits per heavy atom. The minimum atomic E-state index is 0.0137. The Labute approximate surface area is 119 Å². The zero-order valence-electron chi connectivity index (χ0n) is 11.8. The number of amides is 1. The highest BCUT2D eigenvalue weighted by Gasteiger charge is 2.04. The Balaban J connectivity index is 1.89. The first-order chi connectivity index (χ1) is 9.67. The van der Waals surface area contributed by atoms with E-state index in [4.69, 9.17) is 4.74 Å². The van der Waals surface area contributed by atoms with Crippen molar-refractivity contribution >= 4 is 5.91 Å². The van der Waals surface area contributed by atoms with Crippen LogP contribution in [0.3, 0.4) is 0 Å². The van der Waals surface area contributed by atoms with E-state index >= 15 is 0 Å². The van der Waals surface area contributed by atoms with Crippen LogP contribution in [0.5, 0.6) is 5.75 Å². The Bertz CT molecular complexity index is 593. The number of methoxy groups -OCH3 is 1. The van der Waals surface area contributed by atoms with Crippen molar-refractivity contribution in [3.05, 3.63) is 65.2 Å². The van der Waals surface area contributed by atoms with Gasteiger partial charge in [0.25, 0.3) is 0 Å². The molecule has 2 aromatic carbocycles. The fourth-order valence-electron chi connectivity index (χ4n) is 2.05. The second kappa shape index (κ2) is 6.75. The van der Waals surface area contributed by atoms with Crippen molar-refractivity contribution in [3.63, 3.8) is 0 Å². The number of rotatable bonds is 5. The lowest BCUT2D eigenvalue weighted by Gasteiger charge is -2.07. The molecule has 0 fully saturated rings. The lowest BCUT2D eigenvalue weighted by molar-refractivity contribution is -0.120. The van der Waals surface area contributed by atoms with Crippen molar-refractivity contribution in [1.29, 1.82) is 0 Å². The summed E-state index contributed by atoms with van der Waals surface area (Å²) >= 11 is 0. The quantitative estimate of drug-likeness (QED) is 0.906. The van der Waals surface area contributed by atoms with Gasteiger partial charge in [0.15, 0.2) is 0 Å². The molecule has 0 aliphatic heterocycles. The van der Waals surface area contributed by atoms with Crippen LogP contribution in [-0.2, 0) is 17.8 Å². The molecule has 20 heavy (non-hydrogen) atoms. The third-order valence-corrected chi connectivity index (χ3v) is 3.07. The van der Waals surface area contributed by atoms with Gasteiger partial charge >= 0.3 is 0 Å². The summed E-state index contributed by atoms with van der Waals surface area (Å²) in [6, 6.07) is 15.7. The van der Waals surface area contributed by atoms with Gasteiger partial charge in [0.05, 0.1) is 13.5 Å². The van der Waals surface area contributed by atoms with E-state index in [2.05, 4.69) is 11.4 Å². The van der Waals surface area contributed by atoms with Crippen LogP contribution in [0.2, 0.25) is 0 Å². The summed E-state index contributed by atoms with van der Waals surface area (Å²) in [5.74, 6) is 0.786. The smallest absolute Gasteiger partial charge is 0.224 e. The second-order valence-corrected chi connectivity index (χ2v) is 4.79. The van der Waals surface area contributed by atoms with E-state index in [1.54, 1.807) is 7.11 Å². The van der Waals surface area contributed by atoms with Crippen LogP contribution in [-0.4, -0.2) is 13.0 Å². The molecule has 2 rings (SSSR count). The number of benzene rings is 2. The van der Waals surface area contributed by atoms with E-state index in [1.165, 1.54) is 5.56 Å². The average Bonchev–Trinajstić information content (AvgIpc) is 2.45. The molecule has 0 heterocycles. The van der Waals surface area contributed by atoms with E-state index < -0.39 is 0 Å². The maximum Gasteiger partial charge on any atom is 0.224 e. The molecule has 0 unspecified atom stereocenters. The molecule has 0 aliphatic rings. The summed E-state index contributed by atoms with van der Waals surface area (Å²) in [6.45, 7) is 2.60. The van der Waals surface area contributed by atoms with Gasteiger partial charge in [0.1, 0.15) is 5.75 Å². The molecule has 0 bridgehead atoms. The third-order valence-electron chi connectivity index (χ3n) is 3.07. The lowest BCUT2D eigenvalue weighted by atomic mass is 10.1. The Kier molecular flexibility index (Phi) is 4.77. The number of hydrogen-bond acceptors (Lipinski definition) is 2. The highest BCUT2D eigenvalue weighted by atomic mass is 16.5. The molecule has 104 valence electrons. The highest BCUT2D eigenvalue weighted by molar-refractivity contribution is 5.78. The maximum atomic E-state index is 11.9. The molecule has 0 spiro atoms. The molecule has 0 aromatic heterocycles. The highest BCUT2D eigenvalue weighted by Crippen LogP contribution is 2.13. The molecular formula is C17H19NO2. The Morgan fingerprint density at radius 3 is 2.60 bits per heavy atom. The largest absolute Gasteiger partial charge is 0.497 e. The topological polar surface area (TPSA) is 38.3 Å².